The largest absolute Gasteiger partial charge is 0.496 e. The van der Waals surface area contributed by atoms with Gasteiger partial charge in [0.05, 0.1) is 19.7 Å². The van der Waals surface area contributed by atoms with Gasteiger partial charge in [0.15, 0.2) is 0 Å². The van der Waals surface area contributed by atoms with Crippen molar-refractivity contribution in [1.29, 1.82) is 0 Å². The van der Waals surface area contributed by atoms with Crippen LogP contribution in [0.3, 0.4) is 0 Å². The Labute approximate surface area is 148 Å². The highest BCUT2D eigenvalue weighted by Gasteiger charge is 2.15. The fourth-order valence-electron chi connectivity index (χ4n) is 2.58. The molecule has 4 nitrogen and oxygen atoms in total. The van der Waals surface area contributed by atoms with Crippen LogP contribution in [0, 0.1) is 0 Å². The van der Waals surface area contributed by atoms with Crippen molar-refractivity contribution in [2.75, 3.05) is 13.7 Å². The lowest BCUT2D eigenvalue weighted by Gasteiger charge is -2.19. The smallest absolute Gasteiger partial charge is 0.234 e. The number of hydrogen-bond donors (Lipinski definition) is 2. The fourth-order valence-corrected chi connectivity index (χ4v) is 2.88. The predicted molar refractivity (Wildman–Crippen MR) is 97.4 cm³/mol. The predicted octanol–water partition coefficient (Wildman–Crippen LogP) is 3.88. The van der Waals surface area contributed by atoms with E-state index in [1.807, 2.05) is 62.4 Å². The van der Waals surface area contributed by atoms with Crippen molar-refractivity contribution in [2.24, 2.45) is 0 Å². The minimum atomic E-state index is -0.133. The van der Waals surface area contributed by atoms with Crippen LogP contribution >= 0.6 is 11.6 Å². The number of amides is 1. The van der Waals surface area contributed by atoms with Crippen LogP contribution in [0.25, 0.3) is 0 Å². The van der Waals surface area contributed by atoms with E-state index in [2.05, 4.69) is 10.6 Å². The van der Waals surface area contributed by atoms with Crippen LogP contribution in [0.2, 0.25) is 5.02 Å². The molecule has 0 fully saturated rings. The first-order valence-electron chi connectivity index (χ1n) is 7.93. The summed E-state index contributed by atoms with van der Waals surface area (Å²) in [7, 11) is 1.63. The molecule has 2 rings (SSSR count). The fraction of sp³-hybridized carbons (Fsp3) is 0.316. The molecule has 2 atom stereocenters. The van der Waals surface area contributed by atoms with Gasteiger partial charge in [-0.1, -0.05) is 48.0 Å². The maximum atomic E-state index is 12.2. The number of rotatable bonds is 7. The number of benzene rings is 2. The Morgan fingerprint density at radius 2 is 1.67 bits per heavy atom. The lowest BCUT2D eigenvalue weighted by atomic mass is 10.1. The molecule has 0 aromatic heterocycles. The summed E-state index contributed by atoms with van der Waals surface area (Å²) in [6.45, 7) is 4.14. The molecule has 2 unspecified atom stereocenters. The highest BCUT2D eigenvalue weighted by Crippen LogP contribution is 2.24. The zero-order valence-corrected chi connectivity index (χ0v) is 14.9. The van der Waals surface area contributed by atoms with E-state index >= 15 is 0 Å². The Morgan fingerprint density at radius 3 is 2.33 bits per heavy atom. The van der Waals surface area contributed by atoms with Gasteiger partial charge >= 0.3 is 0 Å². The zero-order valence-electron chi connectivity index (χ0n) is 14.2. The number of methoxy groups -OCH3 is 1. The molecule has 24 heavy (non-hydrogen) atoms. The number of ether oxygens (including phenoxy) is 1. The molecule has 2 N–H and O–H groups in total. The Hall–Kier alpha value is -2.04. The van der Waals surface area contributed by atoms with Gasteiger partial charge < -0.3 is 15.4 Å². The summed E-state index contributed by atoms with van der Waals surface area (Å²) in [5.74, 6) is 0.690. The van der Waals surface area contributed by atoms with Gasteiger partial charge in [0.1, 0.15) is 5.75 Å². The summed E-state index contributed by atoms with van der Waals surface area (Å²) in [5.41, 5.74) is 1.93. The summed E-state index contributed by atoms with van der Waals surface area (Å²) >= 11 is 6.18. The van der Waals surface area contributed by atoms with E-state index < -0.39 is 0 Å². The molecule has 128 valence electrons. The summed E-state index contributed by atoms with van der Waals surface area (Å²) < 4.78 is 5.34. The van der Waals surface area contributed by atoms with E-state index in [1.165, 1.54) is 0 Å². The molecular weight excluding hydrogens is 324 g/mol. The summed E-state index contributed by atoms with van der Waals surface area (Å²) in [6, 6.07) is 15.1. The summed E-state index contributed by atoms with van der Waals surface area (Å²) in [5, 5.41) is 6.87. The van der Waals surface area contributed by atoms with E-state index in [-0.39, 0.29) is 24.5 Å². The highest BCUT2D eigenvalue weighted by molar-refractivity contribution is 6.31. The van der Waals surface area contributed by atoms with Crippen molar-refractivity contribution in [3.8, 4) is 5.75 Å². The average Bonchev–Trinajstić information content (AvgIpc) is 2.60. The van der Waals surface area contributed by atoms with Crippen molar-refractivity contribution in [1.82, 2.24) is 10.6 Å². The van der Waals surface area contributed by atoms with Crippen molar-refractivity contribution < 1.29 is 9.53 Å². The van der Waals surface area contributed by atoms with E-state index in [1.54, 1.807) is 7.11 Å². The maximum absolute atomic E-state index is 12.2. The third-order valence-corrected chi connectivity index (χ3v) is 4.27. The Kier molecular flexibility index (Phi) is 6.64. The minimum absolute atomic E-state index is 0.00832. The second-order valence-electron chi connectivity index (χ2n) is 5.66. The van der Waals surface area contributed by atoms with Crippen molar-refractivity contribution >= 4 is 17.5 Å². The SMILES string of the molecule is COc1ccccc1C(C)NC(=O)CNC(C)c1ccccc1Cl. The molecule has 0 bridgehead atoms. The van der Waals surface area contributed by atoms with Gasteiger partial charge in [0, 0.05) is 16.6 Å². The van der Waals surface area contributed by atoms with Crippen LogP contribution in [0.5, 0.6) is 5.75 Å². The van der Waals surface area contributed by atoms with Crippen molar-refractivity contribution in [3.63, 3.8) is 0 Å². The molecule has 0 aliphatic heterocycles. The van der Waals surface area contributed by atoms with Crippen LogP contribution in [0.4, 0.5) is 0 Å². The van der Waals surface area contributed by atoms with Crippen molar-refractivity contribution in [3.05, 3.63) is 64.7 Å². The number of carbonyl (C=O) groups is 1. The van der Waals surface area contributed by atoms with Gasteiger partial charge in [-0.3, -0.25) is 4.79 Å². The number of hydrogen-bond acceptors (Lipinski definition) is 3. The number of carbonyl (C=O) groups excluding carboxylic acids is 1. The van der Waals surface area contributed by atoms with Crippen molar-refractivity contribution in [2.45, 2.75) is 25.9 Å². The third kappa shape index (κ3) is 4.73. The van der Waals surface area contributed by atoms with Gasteiger partial charge in [-0.25, -0.2) is 0 Å². The Balaban J connectivity index is 1.90. The van der Waals surface area contributed by atoms with E-state index in [0.717, 1.165) is 16.9 Å². The first kappa shape index (κ1) is 18.3. The number of nitrogens with one attached hydrogen (secondary N) is 2. The van der Waals surface area contributed by atoms with Gasteiger partial charge in [0.25, 0.3) is 0 Å². The second kappa shape index (κ2) is 8.71. The molecule has 0 saturated heterocycles. The molecule has 0 spiro atoms. The highest BCUT2D eigenvalue weighted by atomic mass is 35.5. The Bertz CT molecular complexity index is 691. The molecule has 1 amide bonds. The van der Waals surface area contributed by atoms with Gasteiger partial charge in [-0.05, 0) is 31.5 Å². The molecule has 0 aliphatic carbocycles. The number of para-hydroxylation sites is 1. The van der Waals surface area contributed by atoms with E-state index in [9.17, 15) is 4.79 Å². The average molecular weight is 347 g/mol. The normalized spacial score (nSPS) is 13.2. The summed E-state index contributed by atoms with van der Waals surface area (Å²) in [6.07, 6.45) is 0. The zero-order chi connectivity index (χ0) is 17.5. The van der Waals surface area contributed by atoms with Crippen LogP contribution in [0.1, 0.15) is 37.1 Å². The molecule has 0 saturated carbocycles. The maximum Gasteiger partial charge on any atom is 0.234 e. The van der Waals surface area contributed by atoms with Gasteiger partial charge in [-0.15, -0.1) is 0 Å². The molecule has 0 heterocycles. The molecule has 0 aliphatic rings. The molecular formula is C19H23ClN2O2. The molecule has 0 radical (unpaired) electrons. The Morgan fingerprint density at radius 1 is 1.04 bits per heavy atom. The van der Waals surface area contributed by atoms with Gasteiger partial charge in [0.2, 0.25) is 5.91 Å². The first-order valence-corrected chi connectivity index (χ1v) is 8.30. The monoisotopic (exact) mass is 346 g/mol. The van der Waals surface area contributed by atoms with E-state index in [4.69, 9.17) is 16.3 Å². The standard InChI is InChI=1S/C19H23ClN2O2/c1-13(15-8-4-6-10-17(15)20)21-12-19(23)22-14(2)16-9-5-7-11-18(16)24-3/h4-11,13-14,21H,12H2,1-3H3,(H,22,23). The van der Waals surface area contributed by atoms with E-state index in [0.29, 0.717) is 5.02 Å². The molecule has 2 aromatic carbocycles. The topological polar surface area (TPSA) is 50.4 Å². The molecule has 2 aromatic rings. The quantitative estimate of drug-likeness (QED) is 0.800. The first-order chi connectivity index (χ1) is 11.5. The summed E-state index contributed by atoms with van der Waals surface area (Å²) in [4.78, 5) is 12.2. The van der Waals surface area contributed by atoms with Crippen LogP contribution in [-0.4, -0.2) is 19.6 Å². The second-order valence-corrected chi connectivity index (χ2v) is 6.06. The third-order valence-electron chi connectivity index (χ3n) is 3.92. The van der Waals surface area contributed by atoms with Crippen LogP contribution < -0.4 is 15.4 Å². The number of halogens is 1. The lowest BCUT2D eigenvalue weighted by molar-refractivity contribution is -0.121. The lowest BCUT2D eigenvalue weighted by Crippen LogP contribution is -2.36. The van der Waals surface area contributed by atoms with Gasteiger partial charge in [-0.2, -0.15) is 0 Å². The molecule has 5 heteroatoms. The van der Waals surface area contributed by atoms with Crippen LogP contribution in [-0.2, 0) is 4.79 Å². The van der Waals surface area contributed by atoms with Crippen LogP contribution in [0.15, 0.2) is 48.5 Å². The minimum Gasteiger partial charge on any atom is -0.496 e.